The fraction of sp³-hybridized carbons (Fsp3) is 0.118. The molecule has 0 unspecified atom stereocenters. The lowest BCUT2D eigenvalue weighted by Crippen LogP contribution is -2.27. The van der Waals surface area contributed by atoms with Crippen LogP contribution in [0.15, 0.2) is 64.1 Å². The summed E-state index contributed by atoms with van der Waals surface area (Å²) in [6.07, 6.45) is 1.64. The zero-order valence-corrected chi connectivity index (χ0v) is 15.7. The highest BCUT2D eigenvalue weighted by atomic mass is 79.9. The highest BCUT2D eigenvalue weighted by Gasteiger charge is 2.25. The maximum atomic E-state index is 13.9. The average molecular weight is 424 g/mol. The summed E-state index contributed by atoms with van der Waals surface area (Å²) in [4.78, 5) is 6.93. The SMILES string of the molecule is CN(Cc1ncc(-c2ccccc2)[nH]1)S(=O)(=O)c1cc(Br)ccc1F. The molecule has 5 nitrogen and oxygen atoms in total. The molecule has 2 aromatic carbocycles. The fourth-order valence-corrected chi connectivity index (χ4v) is 4.08. The van der Waals surface area contributed by atoms with Crippen molar-refractivity contribution in [2.75, 3.05) is 7.05 Å². The number of rotatable bonds is 5. The molecule has 0 amide bonds. The molecule has 0 bridgehead atoms. The van der Waals surface area contributed by atoms with Gasteiger partial charge in [0.25, 0.3) is 0 Å². The fourth-order valence-electron chi connectivity index (χ4n) is 2.35. The average Bonchev–Trinajstić information content (AvgIpc) is 3.06. The second-order valence-electron chi connectivity index (χ2n) is 5.45. The van der Waals surface area contributed by atoms with E-state index in [1.165, 1.54) is 19.2 Å². The first-order chi connectivity index (χ1) is 11.9. The third-order valence-corrected chi connectivity index (χ3v) is 5.98. The Morgan fingerprint density at radius 3 is 2.64 bits per heavy atom. The lowest BCUT2D eigenvalue weighted by molar-refractivity contribution is 0.452. The lowest BCUT2D eigenvalue weighted by Gasteiger charge is -2.16. The molecule has 130 valence electrons. The van der Waals surface area contributed by atoms with E-state index in [4.69, 9.17) is 0 Å². The summed E-state index contributed by atoms with van der Waals surface area (Å²) in [7, 11) is -2.59. The Labute approximate surface area is 153 Å². The van der Waals surface area contributed by atoms with Crippen molar-refractivity contribution in [2.24, 2.45) is 0 Å². The first-order valence-corrected chi connectivity index (χ1v) is 9.62. The molecule has 0 radical (unpaired) electrons. The first-order valence-electron chi connectivity index (χ1n) is 7.38. The number of hydrogen-bond donors (Lipinski definition) is 1. The summed E-state index contributed by atoms with van der Waals surface area (Å²) < 4.78 is 40.7. The van der Waals surface area contributed by atoms with Crippen LogP contribution in [0.25, 0.3) is 11.3 Å². The minimum atomic E-state index is -3.98. The van der Waals surface area contributed by atoms with Gasteiger partial charge in [-0.3, -0.25) is 0 Å². The number of halogens is 2. The third kappa shape index (κ3) is 3.81. The van der Waals surface area contributed by atoms with Crippen LogP contribution in [0.2, 0.25) is 0 Å². The van der Waals surface area contributed by atoms with Gasteiger partial charge in [0.2, 0.25) is 10.0 Å². The van der Waals surface area contributed by atoms with Crippen molar-refractivity contribution in [3.05, 3.63) is 70.8 Å². The number of nitrogens with zero attached hydrogens (tertiary/aromatic N) is 2. The van der Waals surface area contributed by atoms with E-state index in [0.29, 0.717) is 10.3 Å². The topological polar surface area (TPSA) is 66.1 Å². The van der Waals surface area contributed by atoms with Gasteiger partial charge in [0, 0.05) is 11.5 Å². The van der Waals surface area contributed by atoms with E-state index in [9.17, 15) is 12.8 Å². The van der Waals surface area contributed by atoms with Gasteiger partial charge in [-0.2, -0.15) is 4.31 Å². The summed E-state index contributed by atoms with van der Waals surface area (Å²) in [5.74, 6) is -0.320. The van der Waals surface area contributed by atoms with Crippen LogP contribution in [0.1, 0.15) is 5.82 Å². The number of aromatic amines is 1. The van der Waals surface area contributed by atoms with Crippen molar-refractivity contribution >= 4 is 26.0 Å². The molecule has 0 aliphatic rings. The number of benzene rings is 2. The molecule has 0 spiro atoms. The molecule has 0 aliphatic carbocycles. The predicted molar refractivity (Wildman–Crippen MR) is 96.8 cm³/mol. The van der Waals surface area contributed by atoms with Gasteiger partial charge in [-0.1, -0.05) is 46.3 Å². The van der Waals surface area contributed by atoms with Gasteiger partial charge in [0.05, 0.1) is 18.4 Å². The maximum Gasteiger partial charge on any atom is 0.246 e. The Morgan fingerprint density at radius 2 is 1.92 bits per heavy atom. The van der Waals surface area contributed by atoms with E-state index in [2.05, 4.69) is 25.9 Å². The highest BCUT2D eigenvalue weighted by Crippen LogP contribution is 2.24. The molecule has 0 fully saturated rings. The van der Waals surface area contributed by atoms with Crippen molar-refractivity contribution in [3.8, 4) is 11.3 Å². The number of H-pyrrole nitrogens is 1. The van der Waals surface area contributed by atoms with E-state index in [-0.39, 0.29) is 11.4 Å². The van der Waals surface area contributed by atoms with Gasteiger partial charge in [-0.15, -0.1) is 0 Å². The van der Waals surface area contributed by atoms with Gasteiger partial charge in [-0.05, 0) is 23.8 Å². The standard InChI is InChI=1S/C17H15BrFN3O2S/c1-22(25(23,24)16-9-13(18)7-8-14(16)19)11-17-20-10-15(21-17)12-5-3-2-4-6-12/h2-10H,11H2,1H3,(H,20,21). The predicted octanol–water partition coefficient (Wildman–Crippen LogP) is 3.80. The van der Waals surface area contributed by atoms with Crippen molar-refractivity contribution in [1.29, 1.82) is 0 Å². The molecule has 1 aromatic heterocycles. The molecule has 1 N–H and O–H groups in total. The molecular weight excluding hydrogens is 409 g/mol. The van der Waals surface area contributed by atoms with Gasteiger partial charge >= 0.3 is 0 Å². The molecular formula is C17H15BrFN3O2S. The van der Waals surface area contributed by atoms with E-state index in [1.54, 1.807) is 6.20 Å². The largest absolute Gasteiger partial charge is 0.341 e. The van der Waals surface area contributed by atoms with Crippen molar-refractivity contribution in [2.45, 2.75) is 11.4 Å². The van der Waals surface area contributed by atoms with Crippen molar-refractivity contribution in [3.63, 3.8) is 0 Å². The molecule has 0 aliphatic heterocycles. The summed E-state index contributed by atoms with van der Waals surface area (Å²) in [6, 6.07) is 13.4. The van der Waals surface area contributed by atoms with Gasteiger partial charge in [0.1, 0.15) is 16.5 Å². The van der Waals surface area contributed by atoms with Crippen LogP contribution in [-0.4, -0.2) is 29.7 Å². The van der Waals surface area contributed by atoms with Gasteiger partial charge in [-0.25, -0.2) is 17.8 Å². The van der Waals surface area contributed by atoms with Gasteiger partial charge < -0.3 is 4.98 Å². The Morgan fingerprint density at radius 1 is 1.20 bits per heavy atom. The van der Waals surface area contributed by atoms with E-state index >= 15 is 0 Å². The van der Waals surface area contributed by atoms with Crippen LogP contribution in [0, 0.1) is 5.82 Å². The normalized spacial score (nSPS) is 11.8. The molecule has 25 heavy (non-hydrogen) atoms. The summed E-state index contributed by atoms with van der Waals surface area (Å²) >= 11 is 3.17. The third-order valence-electron chi connectivity index (χ3n) is 3.67. The van der Waals surface area contributed by atoms with Crippen molar-refractivity contribution < 1.29 is 12.8 Å². The quantitative estimate of drug-likeness (QED) is 0.678. The van der Waals surface area contributed by atoms with E-state index in [1.807, 2.05) is 30.3 Å². The molecule has 3 rings (SSSR count). The highest BCUT2D eigenvalue weighted by molar-refractivity contribution is 9.10. The zero-order valence-electron chi connectivity index (χ0n) is 13.3. The van der Waals surface area contributed by atoms with E-state index in [0.717, 1.165) is 21.6 Å². The maximum absolute atomic E-state index is 13.9. The molecule has 0 saturated heterocycles. The van der Waals surface area contributed by atoms with Crippen LogP contribution >= 0.6 is 15.9 Å². The second kappa shape index (κ2) is 7.07. The molecule has 3 aromatic rings. The van der Waals surface area contributed by atoms with Gasteiger partial charge in [0.15, 0.2) is 0 Å². The minimum absolute atomic E-state index is 0.00111. The Bertz CT molecular complexity index is 990. The Kier molecular flexibility index (Phi) is 5.03. The number of sulfonamides is 1. The van der Waals surface area contributed by atoms with Crippen LogP contribution in [-0.2, 0) is 16.6 Å². The zero-order chi connectivity index (χ0) is 18.0. The summed E-state index contributed by atoms with van der Waals surface area (Å²) in [6.45, 7) is 0.00111. The summed E-state index contributed by atoms with van der Waals surface area (Å²) in [5.41, 5.74) is 1.74. The molecule has 0 saturated carbocycles. The Hall–Kier alpha value is -2.03. The van der Waals surface area contributed by atoms with Crippen LogP contribution in [0.5, 0.6) is 0 Å². The number of nitrogens with one attached hydrogen (secondary N) is 1. The van der Waals surface area contributed by atoms with Crippen LogP contribution in [0.4, 0.5) is 4.39 Å². The molecule has 1 heterocycles. The molecule has 0 atom stereocenters. The lowest BCUT2D eigenvalue weighted by atomic mass is 10.2. The monoisotopic (exact) mass is 423 g/mol. The van der Waals surface area contributed by atoms with E-state index < -0.39 is 15.8 Å². The van der Waals surface area contributed by atoms with Crippen LogP contribution in [0.3, 0.4) is 0 Å². The number of hydrogen-bond acceptors (Lipinski definition) is 3. The van der Waals surface area contributed by atoms with Crippen molar-refractivity contribution in [1.82, 2.24) is 14.3 Å². The van der Waals surface area contributed by atoms with Crippen LogP contribution < -0.4 is 0 Å². The number of imidazole rings is 1. The smallest absolute Gasteiger partial charge is 0.246 e. The number of aromatic nitrogens is 2. The minimum Gasteiger partial charge on any atom is -0.341 e. The Balaban J connectivity index is 1.83. The second-order valence-corrected chi connectivity index (χ2v) is 8.37. The summed E-state index contributed by atoms with van der Waals surface area (Å²) in [5, 5.41) is 0. The molecule has 8 heteroatoms. The first kappa shape index (κ1) is 17.8.